The summed E-state index contributed by atoms with van der Waals surface area (Å²) in [6, 6.07) is 18.0. The highest BCUT2D eigenvalue weighted by Crippen LogP contribution is 2.16. The van der Waals surface area contributed by atoms with Crippen LogP contribution in [0.3, 0.4) is 0 Å². The molecule has 152 valence electrons. The predicted molar refractivity (Wildman–Crippen MR) is 118 cm³/mol. The first kappa shape index (κ1) is 21.1. The lowest BCUT2D eigenvalue weighted by molar-refractivity contribution is 0.207. The molecule has 0 fully saturated rings. The van der Waals surface area contributed by atoms with Crippen LogP contribution in [0.25, 0.3) is 0 Å². The second kappa shape index (κ2) is 10.3. The zero-order valence-corrected chi connectivity index (χ0v) is 18.0. The fraction of sp³-hybridized carbons (Fsp3) is 0.261. The number of nitrogens with zero attached hydrogens (tertiary/aromatic N) is 2. The molecule has 6 heteroatoms. The number of hydrogen-bond donors (Lipinski definition) is 1. The second-order valence-corrected chi connectivity index (χ2v) is 7.89. The molecule has 2 aromatic carbocycles. The van der Waals surface area contributed by atoms with Crippen LogP contribution in [-0.4, -0.2) is 22.0 Å². The molecule has 0 aliphatic rings. The van der Waals surface area contributed by atoms with Crippen LogP contribution in [-0.2, 0) is 13.1 Å². The third-order valence-electron chi connectivity index (χ3n) is 4.68. The van der Waals surface area contributed by atoms with E-state index in [9.17, 15) is 9.18 Å². The van der Waals surface area contributed by atoms with E-state index in [1.54, 1.807) is 12.1 Å². The summed E-state index contributed by atoms with van der Waals surface area (Å²) in [5.74, 6) is -0.241. The van der Waals surface area contributed by atoms with Crippen molar-refractivity contribution in [1.29, 1.82) is 0 Å². The van der Waals surface area contributed by atoms with Gasteiger partial charge in [0.2, 0.25) is 0 Å². The third-order valence-corrected chi connectivity index (χ3v) is 5.21. The van der Waals surface area contributed by atoms with Crippen LogP contribution in [0.2, 0.25) is 0 Å². The van der Waals surface area contributed by atoms with Gasteiger partial charge in [-0.1, -0.05) is 41.4 Å². The summed E-state index contributed by atoms with van der Waals surface area (Å²) in [4.78, 5) is 14.7. The SMILES string of the molecule is CCCCN(Cc1cccn1Cc1cccc(F)c1)C(=O)Nc1ccc(Br)cc1. The van der Waals surface area contributed by atoms with Gasteiger partial charge in [0.25, 0.3) is 0 Å². The predicted octanol–water partition coefficient (Wildman–Crippen LogP) is 6.27. The number of hydrogen-bond acceptors (Lipinski definition) is 1. The lowest BCUT2D eigenvalue weighted by atomic mass is 10.2. The summed E-state index contributed by atoms with van der Waals surface area (Å²) < 4.78 is 16.5. The van der Waals surface area contributed by atoms with E-state index in [4.69, 9.17) is 0 Å². The molecule has 1 heterocycles. The summed E-state index contributed by atoms with van der Waals surface area (Å²) in [5.41, 5.74) is 2.66. The van der Waals surface area contributed by atoms with Crippen molar-refractivity contribution in [3.63, 3.8) is 0 Å². The van der Waals surface area contributed by atoms with Crippen LogP contribution in [0.4, 0.5) is 14.9 Å². The van der Waals surface area contributed by atoms with Crippen molar-refractivity contribution in [3.8, 4) is 0 Å². The molecule has 0 saturated heterocycles. The molecule has 0 atom stereocenters. The van der Waals surface area contributed by atoms with Crippen LogP contribution in [0, 0.1) is 5.82 Å². The van der Waals surface area contributed by atoms with E-state index in [1.165, 1.54) is 6.07 Å². The van der Waals surface area contributed by atoms with E-state index in [0.717, 1.165) is 34.3 Å². The Hall–Kier alpha value is -2.60. The fourth-order valence-corrected chi connectivity index (χ4v) is 3.38. The molecule has 0 unspecified atom stereocenters. The Kier molecular flexibility index (Phi) is 7.47. The van der Waals surface area contributed by atoms with Gasteiger partial charge in [-0.25, -0.2) is 9.18 Å². The topological polar surface area (TPSA) is 37.3 Å². The second-order valence-electron chi connectivity index (χ2n) is 6.97. The smallest absolute Gasteiger partial charge is 0.322 e. The van der Waals surface area contributed by atoms with E-state index >= 15 is 0 Å². The molecule has 3 aromatic rings. The van der Waals surface area contributed by atoms with Crippen molar-refractivity contribution in [2.45, 2.75) is 32.9 Å². The number of carbonyl (C=O) groups excluding carboxylic acids is 1. The van der Waals surface area contributed by atoms with Crippen LogP contribution < -0.4 is 5.32 Å². The first-order chi connectivity index (χ1) is 14.0. The fourth-order valence-electron chi connectivity index (χ4n) is 3.11. The molecule has 3 rings (SSSR count). The average molecular weight is 458 g/mol. The van der Waals surface area contributed by atoms with E-state index in [1.807, 2.05) is 53.6 Å². The summed E-state index contributed by atoms with van der Waals surface area (Å²) >= 11 is 3.40. The number of halogens is 2. The van der Waals surface area contributed by atoms with Crippen LogP contribution in [0.1, 0.15) is 31.0 Å². The zero-order valence-electron chi connectivity index (χ0n) is 16.4. The largest absolute Gasteiger partial charge is 0.345 e. The molecule has 0 aliphatic heterocycles. The van der Waals surface area contributed by atoms with Crippen LogP contribution >= 0.6 is 15.9 Å². The quantitative estimate of drug-likeness (QED) is 0.424. The van der Waals surface area contributed by atoms with Gasteiger partial charge in [-0.15, -0.1) is 0 Å². The molecule has 0 radical (unpaired) electrons. The summed E-state index contributed by atoms with van der Waals surface area (Å²) in [5, 5.41) is 2.97. The maximum Gasteiger partial charge on any atom is 0.322 e. The van der Waals surface area contributed by atoms with E-state index in [2.05, 4.69) is 32.7 Å². The minimum absolute atomic E-state index is 0.126. The molecular formula is C23H25BrFN3O. The van der Waals surface area contributed by atoms with Crippen molar-refractivity contribution in [2.75, 3.05) is 11.9 Å². The van der Waals surface area contributed by atoms with E-state index < -0.39 is 0 Å². The Morgan fingerprint density at radius 2 is 1.93 bits per heavy atom. The van der Waals surface area contributed by atoms with Gasteiger partial charge in [-0.3, -0.25) is 0 Å². The summed E-state index contributed by atoms with van der Waals surface area (Å²) in [7, 11) is 0. The molecule has 0 spiro atoms. The Balaban J connectivity index is 1.72. The molecular weight excluding hydrogens is 433 g/mol. The number of aromatic nitrogens is 1. The number of anilines is 1. The molecule has 1 aromatic heterocycles. The Labute approximate surface area is 179 Å². The maximum absolute atomic E-state index is 13.5. The first-order valence-electron chi connectivity index (χ1n) is 9.75. The minimum Gasteiger partial charge on any atom is -0.345 e. The van der Waals surface area contributed by atoms with E-state index in [0.29, 0.717) is 19.6 Å². The molecule has 0 bridgehead atoms. The van der Waals surface area contributed by atoms with Gasteiger partial charge in [-0.2, -0.15) is 0 Å². The van der Waals surface area contributed by atoms with Gasteiger partial charge in [0.15, 0.2) is 0 Å². The zero-order chi connectivity index (χ0) is 20.6. The number of amides is 2. The highest BCUT2D eigenvalue weighted by molar-refractivity contribution is 9.10. The lowest BCUT2D eigenvalue weighted by Gasteiger charge is -2.24. The van der Waals surface area contributed by atoms with E-state index in [-0.39, 0.29) is 11.8 Å². The minimum atomic E-state index is -0.241. The number of nitrogens with one attached hydrogen (secondary N) is 1. The van der Waals surface area contributed by atoms with Crippen LogP contribution in [0.15, 0.2) is 71.3 Å². The van der Waals surface area contributed by atoms with Crippen molar-refractivity contribution in [3.05, 3.63) is 88.4 Å². The molecule has 1 N–H and O–H groups in total. The van der Waals surface area contributed by atoms with Gasteiger partial charge < -0.3 is 14.8 Å². The highest BCUT2D eigenvalue weighted by Gasteiger charge is 2.16. The molecule has 0 saturated carbocycles. The number of unbranched alkanes of at least 4 members (excludes halogenated alkanes) is 1. The summed E-state index contributed by atoms with van der Waals surface area (Å²) in [6.45, 7) is 3.84. The highest BCUT2D eigenvalue weighted by atomic mass is 79.9. The molecule has 29 heavy (non-hydrogen) atoms. The average Bonchev–Trinajstić information content (AvgIpc) is 3.13. The Morgan fingerprint density at radius 3 is 2.66 bits per heavy atom. The van der Waals surface area contributed by atoms with Crippen molar-refractivity contribution < 1.29 is 9.18 Å². The Bertz CT molecular complexity index is 939. The monoisotopic (exact) mass is 457 g/mol. The van der Waals surface area contributed by atoms with Gasteiger partial charge in [0.05, 0.1) is 6.54 Å². The van der Waals surface area contributed by atoms with Crippen molar-refractivity contribution in [2.24, 2.45) is 0 Å². The van der Waals surface area contributed by atoms with Gasteiger partial charge in [-0.05, 0) is 60.5 Å². The first-order valence-corrected chi connectivity index (χ1v) is 10.5. The molecule has 4 nitrogen and oxygen atoms in total. The number of carbonyl (C=O) groups is 1. The van der Waals surface area contributed by atoms with Crippen LogP contribution in [0.5, 0.6) is 0 Å². The number of rotatable bonds is 8. The normalized spacial score (nSPS) is 10.7. The molecule has 2 amide bonds. The molecule has 0 aliphatic carbocycles. The Morgan fingerprint density at radius 1 is 1.14 bits per heavy atom. The van der Waals surface area contributed by atoms with Gasteiger partial charge >= 0.3 is 6.03 Å². The number of benzene rings is 2. The van der Waals surface area contributed by atoms with Crippen molar-refractivity contribution >= 4 is 27.6 Å². The van der Waals surface area contributed by atoms with Gasteiger partial charge in [0.1, 0.15) is 5.82 Å². The number of urea groups is 1. The maximum atomic E-state index is 13.5. The lowest BCUT2D eigenvalue weighted by Crippen LogP contribution is -2.36. The standard InChI is InChI=1S/C23H25BrFN3O/c1-2-3-13-28(23(29)26-21-11-9-19(24)10-12-21)17-22-8-5-14-27(22)16-18-6-4-7-20(25)15-18/h4-12,14-15H,2-3,13,16-17H2,1H3,(H,26,29). The van der Waals surface area contributed by atoms with Crippen molar-refractivity contribution in [1.82, 2.24) is 9.47 Å². The van der Waals surface area contributed by atoms with Gasteiger partial charge in [0, 0.05) is 35.1 Å². The summed E-state index contributed by atoms with van der Waals surface area (Å²) in [6.07, 6.45) is 3.90. The third kappa shape index (κ3) is 6.19.